The Hall–Kier alpha value is -1.99. The second-order valence-electron chi connectivity index (χ2n) is 5.97. The topological polar surface area (TPSA) is 61.4 Å². The van der Waals surface area contributed by atoms with Crippen LogP contribution in [0.5, 0.6) is 0 Å². The highest BCUT2D eigenvalue weighted by Gasteiger charge is 2.16. The number of hydrogen-bond acceptors (Lipinski definition) is 5. The van der Waals surface area contributed by atoms with Crippen LogP contribution < -0.4 is 10.2 Å². The van der Waals surface area contributed by atoms with Crippen molar-refractivity contribution in [3.63, 3.8) is 0 Å². The fraction of sp³-hybridized carbons (Fsp3) is 0.353. The molecule has 1 aliphatic heterocycles. The normalized spacial score (nSPS) is 15.4. The maximum absolute atomic E-state index is 12.3. The SMILES string of the molecule is Cc1cc(NC(=O)c2cnc(N3CCN(C)CC3)cn2)ccc1Br. The summed E-state index contributed by atoms with van der Waals surface area (Å²) in [5, 5.41) is 2.85. The van der Waals surface area contributed by atoms with Crippen molar-refractivity contribution in [3.8, 4) is 0 Å². The summed E-state index contributed by atoms with van der Waals surface area (Å²) >= 11 is 3.45. The first-order chi connectivity index (χ1) is 11.5. The van der Waals surface area contributed by atoms with Gasteiger partial charge in [-0.25, -0.2) is 9.97 Å². The van der Waals surface area contributed by atoms with Crippen molar-refractivity contribution in [2.24, 2.45) is 0 Å². The van der Waals surface area contributed by atoms with Crippen molar-refractivity contribution in [1.82, 2.24) is 14.9 Å². The van der Waals surface area contributed by atoms with Crippen molar-refractivity contribution in [1.29, 1.82) is 0 Å². The third kappa shape index (κ3) is 3.91. The quantitative estimate of drug-likeness (QED) is 0.873. The fourth-order valence-corrected chi connectivity index (χ4v) is 2.80. The highest BCUT2D eigenvalue weighted by molar-refractivity contribution is 9.10. The number of aromatic nitrogens is 2. The molecule has 7 heteroatoms. The Labute approximate surface area is 150 Å². The van der Waals surface area contributed by atoms with Gasteiger partial charge in [0.05, 0.1) is 12.4 Å². The zero-order chi connectivity index (χ0) is 17.1. The maximum atomic E-state index is 12.3. The van der Waals surface area contributed by atoms with Gasteiger partial charge in [-0.05, 0) is 37.7 Å². The number of benzene rings is 1. The number of carbonyl (C=O) groups excluding carboxylic acids is 1. The molecule has 1 amide bonds. The maximum Gasteiger partial charge on any atom is 0.275 e. The summed E-state index contributed by atoms with van der Waals surface area (Å²) in [5.41, 5.74) is 2.11. The molecule has 1 aromatic heterocycles. The predicted octanol–water partition coefficient (Wildman–Crippen LogP) is 2.55. The minimum Gasteiger partial charge on any atom is -0.353 e. The number of nitrogens with one attached hydrogen (secondary N) is 1. The lowest BCUT2D eigenvalue weighted by atomic mass is 10.2. The Balaban J connectivity index is 1.66. The lowest BCUT2D eigenvalue weighted by molar-refractivity contribution is 0.102. The number of aryl methyl sites for hydroxylation is 1. The van der Waals surface area contributed by atoms with Gasteiger partial charge in [-0.3, -0.25) is 4.79 Å². The largest absolute Gasteiger partial charge is 0.353 e. The van der Waals surface area contributed by atoms with Crippen LogP contribution in [0.2, 0.25) is 0 Å². The smallest absolute Gasteiger partial charge is 0.275 e. The molecule has 1 aliphatic rings. The number of rotatable bonds is 3. The summed E-state index contributed by atoms with van der Waals surface area (Å²) in [7, 11) is 2.11. The van der Waals surface area contributed by atoms with Gasteiger partial charge in [0.25, 0.3) is 5.91 Å². The van der Waals surface area contributed by atoms with Gasteiger partial charge in [0, 0.05) is 36.3 Å². The van der Waals surface area contributed by atoms with E-state index in [1.54, 1.807) is 6.20 Å². The number of likely N-dealkylation sites (N-methyl/N-ethyl adjacent to an activating group) is 1. The Morgan fingerprint density at radius 3 is 2.54 bits per heavy atom. The van der Waals surface area contributed by atoms with Crippen LogP contribution in [0.1, 0.15) is 16.1 Å². The van der Waals surface area contributed by atoms with E-state index < -0.39 is 0 Å². The molecule has 6 nitrogen and oxygen atoms in total. The van der Waals surface area contributed by atoms with Gasteiger partial charge < -0.3 is 15.1 Å². The van der Waals surface area contributed by atoms with Crippen molar-refractivity contribution >= 4 is 33.3 Å². The third-order valence-corrected chi connectivity index (χ3v) is 5.00. The molecule has 0 aliphatic carbocycles. The molecule has 2 heterocycles. The second kappa shape index (κ2) is 7.27. The summed E-state index contributed by atoms with van der Waals surface area (Å²) < 4.78 is 1.01. The molecule has 126 valence electrons. The average molecular weight is 390 g/mol. The molecule has 0 spiro atoms. The van der Waals surface area contributed by atoms with Crippen LogP contribution in [0, 0.1) is 6.92 Å². The molecule has 1 aromatic carbocycles. The van der Waals surface area contributed by atoms with Crippen LogP contribution >= 0.6 is 15.9 Å². The molecule has 2 aromatic rings. The molecular weight excluding hydrogens is 370 g/mol. The van der Waals surface area contributed by atoms with Gasteiger partial charge >= 0.3 is 0 Å². The van der Waals surface area contributed by atoms with Crippen LogP contribution in [-0.2, 0) is 0 Å². The van der Waals surface area contributed by atoms with Crippen LogP contribution in [0.15, 0.2) is 35.1 Å². The zero-order valence-corrected chi connectivity index (χ0v) is 15.4. The summed E-state index contributed by atoms with van der Waals surface area (Å²) in [6, 6.07) is 5.67. The standard InChI is InChI=1S/C17H20BrN5O/c1-12-9-13(3-4-14(12)18)21-17(24)15-10-20-16(11-19-15)23-7-5-22(2)6-8-23/h3-4,9-11H,5-8H2,1-2H3,(H,21,24). The summed E-state index contributed by atoms with van der Waals surface area (Å²) in [6.07, 6.45) is 3.21. The summed E-state index contributed by atoms with van der Waals surface area (Å²) in [6.45, 7) is 5.84. The lowest BCUT2D eigenvalue weighted by Gasteiger charge is -2.32. The minimum absolute atomic E-state index is 0.255. The lowest BCUT2D eigenvalue weighted by Crippen LogP contribution is -2.44. The first-order valence-electron chi connectivity index (χ1n) is 7.86. The number of hydrogen-bond donors (Lipinski definition) is 1. The van der Waals surface area contributed by atoms with Crippen LogP contribution in [-0.4, -0.2) is 54.0 Å². The molecule has 24 heavy (non-hydrogen) atoms. The van der Waals surface area contributed by atoms with E-state index in [1.807, 2.05) is 25.1 Å². The van der Waals surface area contributed by atoms with Gasteiger partial charge in [-0.2, -0.15) is 0 Å². The number of anilines is 2. The van der Waals surface area contributed by atoms with E-state index in [4.69, 9.17) is 0 Å². The first-order valence-corrected chi connectivity index (χ1v) is 8.65. The van der Waals surface area contributed by atoms with Crippen LogP contribution in [0.25, 0.3) is 0 Å². The monoisotopic (exact) mass is 389 g/mol. The van der Waals surface area contributed by atoms with E-state index in [-0.39, 0.29) is 5.91 Å². The molecule has 3 rings (SSSR count). The fourth-order valence-electron chi connectivity index (χ4n) is 2.55. The Kier molecular flexibility index (Phi) is 5.11. The Morgan fingerprint density at radius 2 is 1.92 bits per heavy atom. The molecule has 0 saturated carbocycles. The van der Waals surface area contributed by atoms with Gasteiger partial charge in [0.2, 0.25) is 0 Å². The molecule has 1 N–H and O–H groups in total. The third-order valence-electron chi connectivity index (χ3n) is 4.11. The first kappa shape index (κ1) is 16.9. The van der Waals surface area contributed by atoms with Crippen molar-refractivity contribution in [3.05, 3.63) is 46.3 Å². The molecule has 1 saturated heterocycles. The van der Waals surface area contributed by atoms with Crippen LogP contribution in [0.3, 0.4) is 0 Å². The Bertz CT molecular complexity index is 726. The Morgan fingerprint density at radius 1 is 1.17 bits per heavy atom. The summed E-state index contributed by atoms with van der Waals surface area (Å²) in [4.78, 5) is 25.4. The zero-order valence-electron chi connectivity index (χ0n) is 13.8. The molecule has 0 atom stereocenters. The van der Waals surface area contributed by atoms with E-state index in [9.17, 15) is 4.79 Å². The average Bonchev–Trinajstić information content (AvgIpc) is 2.59. The number of amides is 1. The van der Waals surface area contributed by atoms with E-state index in [0.29, 0.717) is 5.69 Å². The minimum atomic E-state index is -0.255. The van der Waals surface area contributed by atoms with E-state index in [2.05, 4.69) is 48.1 Å². The summed E-state index contributed by atoms with van der Waals surface area (Å²) in [5.74, 6) is 0.563. The predicted molar refractivity (Wildman–Crippen MR) is 98.6 cm³/mol. The van der Waals surface area contributed by atoms with Crippen LogP contribution in [0.4, 0.5) is 11.5 Å². The number of halogens is 1. The molecular formula is C17H20BrN5O. The second-order valence-corrected chi connectivity index (χ2v) is 6.82. The van der Waals surface area contributed by atoms with Gasteiger partial charge in [-0.1, -0.05) is 15.9 Å². The van der Waals surface area contributed by atoms with Crippen molar-refractivity contribution < 1.29 is 4.79 Å². The van der Waals surface area contributed by atoms with Gasteiger partial charge in [0.15, 0.2) is 0 Å². The number of nitrogens with zero attached hydrogens (tertiary/aromatic N) is 4. The van der Waals surface area contributed by atoms with Crippen molar-refractivity contribution in [2.75, 3.05) is 43.4 Å². The number of piperazine rings is 1. The van der Waals surface area contributed by atoms with Gasteiger partial charge in [0.1, 0.15) is 11.5 Å². The molecule has 0 radical (unpaired) electrons. The van der Waals surface area contributed by atoms with E-state index in [1.165, 1.54) is 6.20 Å². The van der Waals surface area contributed by atoms with Gasteiger partial charge in [-0.15, -0.1) is 0 Å². The van der Waals surface area contributed by atoms with E-state index in [0.717, 1.165) is 47.7 Å². The molecule has 0 unspecified atom stereocenters. The van der Waals surface area contributed by atoms with Crippen molar-refractivity contribution in [2.45, 2.75) is 6.92 Å². The number of carbonyl (C=O) groups is 1. The molecule has 0 bridgehead atoms. The highest BCUT2D eigenvalue weighted by atomic mass is 79.9. The highest BCUT2D eigenvalue weighted by Crippen LogP contribution is 2.20. The van der Waals surface area contributed by atoms with E-state index >= 15 is 0 Å². The molecule has 1 fully saturated rings.